The van der Waals surface area contributed by atoms with E-state index in [1.54, 1.807) is 6.92 Å². The lowest BCUT2D eigenvalue weighted by molar-refractivity contribution is -0.310. The van der Waals surface area contributed by atoms with Gasteiger partial charge in [-0.25, -0.2) is 29.0 Å². The lowest BCUT2D eigenvalue weighted by Crippen LogP contribution is -2.45. The Hall–Kier alpha value is -3.54. The Balaban J connectivity index is 5.82. The van der Waals surface area contributed by atoms with Gasteiger partial charge in [-0.3, -0.25) is 0 Å². The molecule has 0 saturated carbocycles. The molecule has 0 aromatic carbocycles. The highest BCUT2D eigenvalue weighted by Crippen LogP contribution is 2.27. The summed E-state index contributed by atoms with van der Waals surface area (Å²) < 4.78 is 26.8. The van der Waals surface area contributed by atoms with Crippen molar-refractivity contribution in [3.8, 4) is 0 Å². The van der Waals surface area contributed by atoms with Crippen LogP contribution in [0.1, 0.15) is 13.3 Å². The van der Waals surface area contributed by atoms with Crippen LogP contribution in [-0.2, 0) is 52.6 Å². The fourth-order valence-corrected chi connectivity index (χ4v) is 2.56. The molecule has 0 spiro atoms. The van der Waals surface area contributed by atoms with E-state index in [2.05, 4.69) is 32.9 Å². The van der Waals surface area contributed by atoms with Crippen LogP contribution in [0, 0.1) is 10.8 Å². The molecule has 0 rings (SSSR count). The highest BCUT2D eigenvalue weighted by atomic mass is 17.2. The van der Waals surface area contributed by atoms with Gasteiger partial charge in [-0.2, -0.15) is 0 Å². The summed E-state index contributed by atoms with van der Waals surface area (Å²) in [4.78, 5) is 57.1. The SMILES string of the molecule is C=CCOOCC(COCC(CC)(COC(=O)C=C)COC(=O)C=C)(COC(=O)C=C)COC(=O)C=C. The van der Waals surface area contributed by atoms with Crippen molar-refractivity contribution in [1.29, 1.82) is 0 Å². The van der Waals surface area contributed by atoms with Crippen LogP contribution < -0.4 is 0 Å². The molecule has 0 heterocycles. The average molecular weight is 525 g/mol. The van der Waals surface area contributed by atoms with Gasteiger partial charge in [-0.1, -0.05) is 39.3 Å². The van der Waals surface area contributed by atoms with Crippen molar-refractivity contribution >= 4 is 23.9 Å². The smallest absolute Gasteiger partial charge is 0.330 e. The van der Waals surface area contributed by atoms with Crippen molar-refractivity contribution in [1.82, 2.24) is 0 Å². The Morgan fingerprint density at radius 2 is 0.946 bits per heavy atom. The first-order valence-electron chi connectivity index (χ1n) is 11.2. The molecule has 0 atom stereocenters. The van der Waals surface area contributed by atoms with Crippen LogP contribution in [0.4, 0.5) is 0 Å². The molecule has 0 aromatic heterocycles. The highest BCUT2D eigenvalue weighted by molar-refractivity contribution is 5.82. The summed E-state index contributed by atoms with van der Waals surface area (Å²) in [6.45, 7) is 17.5. The minimum atomic E-state index is -1.23. The van der Waals surface area contributed by atoms with Crippen molar-refractivity contribution in [2.45, 2.75) is 13.3 Å². The van der Waals surface area contributed by atoms with Crippen molar-refractivity contribution in [2.75, 3.05) is 52.9 Å². The summed E-state index contributed by atoms with van der Waals surface area (Å²) >= 11 is 0. The Morgan fingerprint density at radius 1 is 0.568 bits per heavy atom. The molecular formula is C26H36O11. The second kappa shape index (κ2) is 18.7. The van der Waals surface area contributed by atoms with Gasteiger partial charge >= 0.3 is 23.9 Å². The van der Waals surface area contributed by atoms with Crippen LogP contribution in [0.5, 0.6) is 0 Å². The van der Waals surface area contributed by atoms with Crippen LogP contribution in [-0.4, -0.2) is 76.7 Å². The maximum atomic E-state index is 11.8. The Morgan fingerprint density at radius 3 is 1.30 bits per heavy atom. The second-order valence-electron chi connectivity index (χ2n) is 7.93. The molecule has 0 radical (unpaired) electrons. The fraction of sp³-hybridized carbons (Fsp3) is 0.462. The third-order valence-electron chi connectivity index (χ3n) is 4.95. The lowest BCUT2D eigenvalue weighted by atomic mass is 9.87. The summed E-state index contributed by atoms with van der Waals surface area (Å²) in [5.74, 6) is -2.77. The summed E-state index contributed by atoms with van der Waals surface area (Å²) in [6.07, 6.45) is 5.79. The quantitative estimate of drug-likeness (QED) is 0.0393. The first kappa shape index (κ1) is 33.5. The summed E-state index contributed by atoms with van der Waals surface area (Å²) in [7, 11) is 0. The molecule has 0 fully saturated rings. The largest absolute Gasteiger partial charge is 0.462 e. The minimum Gasteiger partial charge on any atom is -0.462 e. The number of carbonyl (C=O) groups is 4. The summed E-state index contributed by atoms with van der Waals surface area (Å²) in [6, 6.07) is 0. The van der Waals surface area contributed by atoms with Gasteiger partial charge in [0.2, 0.25) is 0 Å². The number of ether oxygens (including phenoxy) is 5. The van der Waals surface area contributed by atoms with Crippen LogP contribution in [0.2, 0.25) is 0 Å². The van der Waals surface area contributed by atoms with E-state index in [9.17, 15) is 19.2 Å². The second-order valence-corrected chi connectivity index (χ2v) is 7.93. The highest BCUT2D eigenvalue weighted by Gasteiger charge is 2.38. The molecule has 0 amide bonds. The number of rotatable bonds is 22. The van der Waals surface area contributed by atoms with E-state index in [1.807, 2.05) is 0 Å². The normalized spacial score (nSPS) is 10.9. The van der Waals surface area contributed by atoms with Gasteiger partial charge in [-0.15, -0.1) is 6.58 Å². The van der Waals surface area contributed by atoms with E-state index in [0.717, 1.165) is 24.3 Å². The van der Waals surface area contributed by atoms with E-state index >= 15 is 0 Å². The standard InChI is InChI=1S/C26H36O11/c1-7-13-36-37-20-26(18-34-23(29)10-4,19-35-24(30)11-5)15-31-14-25(12-6,16-32-21(27)8-2)17-33-22(28)9-3/h7-11H,1-5,12-20H2,6H3. The molecule has 0 unspecified atom stereocenters. The Kier molecular flexibility index (Phi) is 16.9. The molecule has 0 aliphatic heterocycles. The molecule has 0 aliphatic rings. The van der Waals surface area contributed by atoms with E-state index in [1.165, 1.54) is 6.08 Å². The summed E-state index contributed by atoms with van der Waals surface area (Å²) in [5.41, 5.74) is -2.17. The molecule has 11 nitrogen and oxygen atoms in total. The third kappa shape index (κ3) is 14.0. The van der Waals surface area contributed by atoms with Crippen molar-refractivity contribution in [2.24, 2.45) is 10.8 Å². The lowest BCUT2D eigenvalue weighted by Gasteiger charge is -2.35. The van der Waals surface area contributed by atoms with Gasteiger partial charge in [0, 0.05) is 24.3 Å². The van der Waals surface area contributed by atoms with Gasteiger partial charge in [0.05, 0.1) is 30.7 Å². The summed E-state index contributed by atoms with van der Waals surface area (Å²) in [5, 5.41) is 0. The zero-order chi connectivity index (χ0) is 28.2. The van der Waals surface area contributed by atoms with Gasteiger partial charge in [-0.05, 0) is 6.42 Å². The minimum absolute atomic E-state index is 0.0676. The zero-order valence-corrected chi connectivity index (χ0v) is 21.3. The van der Waals surface area contributed by atoms with Crippen molar-refractivity contribution in [3.63, 3.8) is 0 Å². The molecule has 0 N–H and O–H groups in total. The van der Waals surface area contributed by atoms with E-state index in [0.29, 0.717) is 6.42 Å². The average Bonchev–Trinajstić information content (AvgIpc) is 2.93. The van der Waals surface area contributed by atoms with Gasteiger partial charge in [0.1, 0.15) is 33.0 Å². The third-order valence-corrected chi connectivity index (χ3v) is 4.95. The zero-order valence-electron chi connectivity index (χ0n) is 21.3. The van der Waals surface area contributed by atoms with E-state index < -0.39 is 34.7 Å². The Labute approximate surface area is 217 Å². The first-order chi connectivity index (χ1) is 17.6. The van der Waals surface area contributed by atoms with Gasteiger partial charge in [0.25, 0.3) is 0 Å². The molecular weight excluding hydrogens is 488 g/mol. The van der Waals surface area contributed by atoms with Gasteiger partial charge < -0.3 is 23.7 Å². The molecule has 37 heavy (non-hydrogen) atoms. The van der Waals surface area contributed by atoms with Crippen molar-refractivity contribution < 1.29 is 52.6 Å². The number of carbonyl (C=O) groups excluding carboxylic acids is 4. The van der Waals surface area contributed by atoms with Crippen molar-refractivity contribution in [3.05, 3.63) is 63.3 Å². The molecule has 0 aromatic rings. The molecule has 11 heteroatoms. The first-order valence-corrected chi connectivity index (χ1v) is 11.2. The van der Waals surface area contributed by atoms with E-state index in [-0.39, 0.29) is 52.9 Å². The molecule has 206 valence electrons. The fourth-order valence-electron chi connectivity index (χ4n) is 2.56. The van der Waals surface area contributed by atoms with Crippen LogP contribution in [0.25, 0.3) is 0 Å². The molecule has 0 bridgehead atoms. The molecule has 0 aliphatic carbocycles. The topological polar surface area (TPSA) is 133 Å². The van der Waals surface area contributed by atoms with Crippen LogP contribution in [0.15, 0.2) is 63.3 Å². The predicted octanol–water partition coefficient (Wildman–Crippen LogP) is 2.44. The van der Waals surface area contributed by atoms with Gasteiger partial charge in [0.15, 0.2) is 0 Å². The number of esters is 4. The van der Waals surface area contributed by atoms with Crippen LogP contribution in [0.3, 0.4) is 0 Å². The maximum Gasteiger partial charge on any atom is 0.330 e. The number of hydrogen-bond acceptors (Lipinski definition) is 11. The molecule has 0 saturated heterocycles. The predicted molar refractivity (Wildman–Crippen MR) is 133 cm³/mol. The maximum absolute atomic E-state index is 11.8. The van der Waals surface area contributed by atoms with E-state index in [4.69, 9.17) is 33.5 Å². The number of hydrogen-bond donors (Lipinski definition) is 0. The van der Waals surface area contributed by atoms with Crippen LogP contribution >= 0.6 is 0 Å². The monoisotopic (exact) mass is 524 g/mol. The Bertz CT molecular complexity index is 767.